The van der Waals surface area contributed by atoms with Gasteiger partial charge < -0.3 is 4.90 Å². The lowest BCUT2D eigenvalue weighted by atomic mass is 9.77. The maximum Gasteiger partial charge on any atom is 0.0465 e. The number of hydrogen-bond acceptors (Lipinski definition) is 1. The minimum absolute atomic E-state index is 0.107. The van der Waals surface area contributed by atoms with Crippen LogP contribution in [0.4, 0.5) is 17.1 Å². The zero-order chi connectivity index (χ0) is 45.3. The molecule has 0 heterocycles. The summed E-state index contributed by atoms with van der Waals surface area (Å²) < 4.78 is 0. The predicted molar refractivity (Wildman–Crippen MR) is 285 cm³/mol. The summed E-state index contributed by atoms with van der Waals surface area (Å²) in [5, 5.41) is 2.51. The topological polar surface area (TPSA) is 3.24 Å². The molecule has 3 aliphatic rings. The molecular weight excluding hydrogens is 807 g/mol. The summed E-state index contributed by atoms with van der Waals surface area (Å²) in [5.74, 6) is 0.641. The van der Waals surface area contributed by atoms with Gasteiger partial charge in [-0.05, 0) is 162 Å². The van der Waals surface area contributed by atoms with E-state index < -0.39 is 0 Å². The molecule has 328 valence electrons. The summed E-state index contributed by atoms with van der Waals surface area (Å²) in [4.78, 5) is 2.49. The third kappa shape index (κ3) is 6.97. The Labute approximate surface area is 397 Å². The molecule has 9 aromatic rings. The highest BCUT2D eigenvalue weighted by Gasteiger charge is 2.41. The number of anilines is 3. The van der Waals surface area contributed by atoms with Gasteiger partial charge in [0.2, 0.25) is 0 Å². The van der Waals surface area contributed by atoms with Gasteiger partial charge in [0.25, 0.3) is 0 Å². The van der Waals surface area contributed by atoms with E-state index in [1.165, 1.54) is 151 Å². The van der Waals surface area contributed by atoms with E-state index in [2.05, 4.69) is 227 Å². The van der Waals surface area contributed by atoms with Gasteiger partial charge in [0.05, 0.1) is 0 Å². The average molecular weight is 866 g/mol. The van der Waals surface area contributed by atoms with Crippen molar-refractivity contribution in [1.82, 2.24) is 0 Å². The van der Waals surface area contributed by atoms with Crippen molar-refractivity contribution in [3.63, 3.8) is 0 Å². The van der Waals surface area contributed by atoms with Crippen LogP contribution in [0.3, 0.4) is 0 Å². The van der Waals surface area contributed by atoms with E-state index >= 15 is 0 Å². The smallest absolute Gasteiger partial charge is 0.0465 e. The molecule has 0 N–H and O–H groups in total. The van der Waals surface area contributed by atoms with Crippen LogP contribution in [0.2, 0.25) is 0 Å². The molecule has 1 heteroatoms. The summed E-state index contributed by atoms with van der Waals surface area (Å²) in [7, 11) is 0. The molecule has 0 unspecified atom stereocenters. The van der Waals surface area contributed by atoms with Crippen LogP contribution in [0, 0.1) is 0 Å². The standard InChI is InChI=1S/C66H59N/c1-65(2)61-30-18-26-54(56-28-17-27-55-53-25-15-16-29-60(53)66(3,4)64(55)56)63(61)57-40-39-52(43-62(57)65)67(50-35-31-45(32-36-50)44-19-9-6-5-7-10-20-44)51-37-33-47(34-38-51)59-42-49-24-14-13-23-48(49)41-58(59)46-21-11-8-12-22-46/h8,11-18,21-44H,5-7,9-10,19-20H2,1-4H3. The van der Waals surface area contributed by atoms with Crippen molar-refractivity contribution in [2.45, 2.75) is 89.4 Å². The summed E-state index contributed by atoms with van der Waals surface area (Å²) in [5.41, 5.74) is 23.4. The van der Waals surface area contributed by atoms with Crippen LogP contribution in [-0.4, -0.2) is 0 Å². The molecule has 1 saturated carbocycles. The molecule has 0 aliphatic heterocycles. The molecule has 0 aromatic heterocycles. The van der Waals surface area contributed by atoms with Crippen molar-refractivity contribution < 1.29 is 0 Å². The summed E-state index contributed by atoms with van der Waals surface area (Å²) in [6.45, 7) is 9.67. The molecular formula is C66H59N. The van der Waals surface area contributed by atoms with Crippen molar-refractivity contribution in [3.8, 4) is 55.6 Å². The Hall–Kier alpha value is -6.96. The Bertz CT molecular complexity index is 3310. The van der Waals surface area contributed by atoms with Crippen LogP contribution >= 0.6 is 0 Å². The van der Waals surface area contributed by atoms with Crippen molar-refractivity contribution in [3.05, 3.63) is 222 Å². The molecule has 67 heavy (non-hydrogen) atoms. The van der Waals surface area contributed by atoms with Gasteiger partial charge in [-0.25, -0.2) is 0 Å². The van der Waals surface area contributed by atoms with Gasteiger partial charge in [-0.3, -0.25) is 0 Å². The van der Waals surface area contributed by atoms with E-state index in [1.54, 1.807) is 0 Å². The van der Waals surface area contributed by atoms with Crippen LogP contribution < -0.4 is 4.90 Å². The average Bonchev–Trinajstić information content (AvgIpc) is 3.74. The van der Waals surface area contributed by atoms with E-state index in [-0.39, 0.29) is 10.8 Å². The molecule has 1 nitrogen and oxygen atoms in total. The fraction of sp³-hybridized carbons (Fsp3) is 0.212. The Morgan fingerprint density at radius 2 is 0.881 bits per heavy atom. The second-order valence-corrected chi connectivity index (χ2v) is 20.6. The zero-order valence-electron chi connectivity index (χ0n) is 39.4. The molecule has 0 radical (unpaired) electrons. The number of rotatable bonds is 7. The van der Waals surface area contributed by atoms with E-state index in [9.17, 15) is 0 Å². The minimum atomic E-state index is -0.200. The lowest BCUT2D eigenvalue weighted by molar-refractivity contribution is 0.455. The first kappa shape index (κ1) is 41.5. The Kier molecular flexibility index (Phi) is 10.2. The van der Waals surface area contributed by atoms with Crippen LogP contribution in [0.1, 0.15) is 106 Å². The number of benzene rings is 9. The molecule has 9 aromatic carbocycles. The van der Waals surface area contributed by atoms with Crippen molar-refractivity contribution in [2.75, 3.05) is 4.90 Å². The van der Waals surface area contributed by atoms with E-state index in [1.807, 2.05) is 0 Å². The first-order valence-electron chi connectivity index (χ1n) is 24.9. The van der Waals surface area contributed by atoms with Gasteiger partial charge in [-0.1, -0.05) is 205 Å². The predicted octanol–water partition coefficient (Wildman–Crippen LogP) is 18.8. The zero-order valence-corrected chi connectivity index (χ0v) is 39.4. The van der Waals surface area contributed by atoms with Crippen LogP contribution in [-0.2, 0) is 10.8 Å². The third-order valence-electron chi connectivity index (χ3n) is 15.9. The van der Waals surface area contributed by atoms with Crippen LogP contribution in [0.25, 0.3) is 66.4 Å². The number of nitrogens with zero attached hydrogens (tertiary/aromatic N) is 1. The highest BCUT2D eigenvalue weighted by atomic mass is 15.1. The first-order valence-corrected chi connectivity index (χ1v) is 24.9. The van der Waals surface area contributed by atoms with Gasteiger partial charge in [0, 0.05) is 27.9 Å². The number of fused-ring (bicyclic) bond motifs is 7. The van der Waals surface area contributed by atoms with Crippen LogP contribution in [0.15, 0.2) is 194 Å². The Morgan fingerprint density at radius 3 is 1.58 bits per heavy atom. The summed E-state index contributed by atoms with van der Waals surface area (Å²) in [6, 6.07) is 73.6. The number of hydrogen-bond donors (Lipinski definition) is 0. The maximum absolute atomic E-state index is 2.50. The van der Waals surface area contributed by atoms with Gasteiger partial charge in [-0.2, -0.15) is 0 Å². The van der Waals surface area contributed by atoms with Crippen molar-refractivity contribution in [1.29, 1.82) is 0 Å². The molecule has 3 aliphatic carbocycles. The van der Waals surface area contributed by atoms with Crippen molar-refractivity contribution in [2.24, 2.45) is 0 Å². The lowest BCUT2D eigenvalue weighted by Gasteiger charge is -2.29. The fourth-order valence-electron chi connectivity index (χ4n) is 12.5. The fourth-order valence-corrected chi connectivity index (χ4v) is 12.5. The molecule has 0 bridgehead atoms. The molecule has 0 atom stereocenters. The monoisotopic (exact) mass is 865 g/mol. The maximum atomic E-state index is 2.50. The second-order valence-electron chi connectivity index (χ2n) is 20.6. The highest BCUT2D eigenvalue weighted by Crippen LogP contribution is 2.57. The van der Waals surface area contributed by atoms with Crippen LogP contribution in [0.5, 0.6) is 0 Å². The van der Waals surface area contributed by atoms with Gasteiger partial charge in [-0.15, -0.1) is 0 Å². The summed E-state index contributed by atoms with van der Waals surface area (Å²) >= 11 is 0. The molecule has 0 saturated heterocycles. The second kappa shape index (κ2) is 16.4. The molecule has 1 fully saturated rings. The Morgan fingerprint density at radius 1 is 0.358 bits per heavy atom. The first-order chi connectivity index (χ1) is 32.8. The van der Waals surface area contributed by atoms with Crippen molar-refractivity contribution >= 4 is 27.8 Å². The Balaban J connectivity index is 0.979. The summed E-state index contributed by atoms with van der Waals surface area (Å²) in [6.07, 6.45) is 9.38. The van der Waals surface area contributed by atoms with E-state index in [4.69, 9.17) is 0 Å². The molecule has 0 amide bonds. The minimum Gasteiger partial charge on any atom is -0.310 e. The van der Waals surface area contributed by atoms with Gasteiger partial charge >= 0.3 is 0 Å². The van der Waals surface area contributed by atoms with E-state index in [0.29, 0.717) is 5.92 Å². The molecule has 12 rings (SSSR count). The normalized spacial score (nSPS) is 15.8. The van der Waals surface area contributed by atoms with E-state index in [0.717, 1.165) is 5.69 Å². The highest BCUT2D eigenvalue weighted by molar-refractivity contribution is 5.99. The third-order valence-corrected chi connectivity index (χ3v) is 15.9. The van der Waals surface area contributed by atoms with Gasteiger partial charge in [0.15, 0.2) is 0 Å². The molecule has 0 spiro atoms. The lowest BCUT2D eigenvalue weighted by Crippen LogP contribution is -2.17. The van der Waals surface area contributed by atoms with Gasteiger partial charge in [0.1, 0.15) is 0 Å². The quantitative estimate of drug-likeness (QED) is 0.154. The largest absolute Gasteiger partial charge is 0.310 e. The SMILES string of the molecule is CC1(C)c2cc(N(c3ccc(-c4cc5ccccc5cc4-c4ccccc4)cc3)c3ccc(C4CCCCCCC4)cc3)ccc2-c2c(-c3cccc4c3C(C)(C)c3ccccc3-4)cccc21.